The Morgan fingerprint density at radius 2 is 1.50 bits per heavy atom. The van der Waals surface area contributed by atoms with Gasteiger partial charge in [0.05, 0.1) is 6.42 Å². The molecule has 0 heterocycles. The largest absolute Gasteiger partial charge is 0.481 e. The van der Waals surface area contributed by atoms with Gasteiger partial charge in [-0.3, -0.25) is 9.59 Å². The molecule has 0 saturated heterocycles. The molecule has 6 nitrogen and oxygen atoms in total. The van der Waals surface area contributed by atoms with Crippen LogP contribution in [0.2, 0.25) is 0 Å². The Labute approximate surface area is 105 Å². The zero-order valence-electron chi connectivity index (χ0n) is 10.3. The lowest BCUT2D eigenvalue weighted by atomic mass is 9.71. The Kier molecular flexibility index (Phi) is 4.70. The highest BCUT2D eigenvalue weighted by Crippen LogP contribution is 2.45. The summed E-state index contributed by atoms with van der Waals surface area (Å²) in [6, 6.07) is 0. The number of carboxylic acid groups (broad SMARTS) is 2. The van der Waals surface area contributed by atoms with Crippen LogP contribution in [0, 0.1) is 5.41 Å². The van der Waals surface area contributed by atoms with Crippen molar-refractivity contribution in [3.05, 3.63) is 0 Å². The van der Waals surface area contributed by atoms with E-state index in [0.29, 0.717) is 12.8 Å². The van der Waals surface area contributed by atoms with Crippen molar-refractivity contribution in [1.82, 2.24) is 0 Å². The Balaban J connectivity index is 2.93. The average molecular weight is 260 g/mol. The standard InChI is InChI=1S/C12H20O6/c13-9(14)5-8-12(17,18)11(10(15)16)6-3-1-2-4-7-11/h17-18H,1-8H2,(H,13,14)(H,15,16). The van der Waals surface area contributed by atoms with Crippen molar-refractivity contribution in [1.29, 1.82) is 0 Å². The minimum absolute atomic E-state index is 0.176. The third-order valence-corrected chi connectivity index (χ3v) is 3.82. The van der Waals surface area contributed by atoms with Gasteiger partial charge in [-0.2, -0.15) is 0 Å². The fourth-order valence-electron chi connectivity index (χ4n) is 2.64. The van der Waals surface area contributed by atoms with Crippen molar-refractivity contribution < 1.29 is 30.0 Å². The van der Waals surface area contributed by atoms with Gasteiger partial charge in [0, 0.05) is 6.42 Å². The van der Waals surface area contributed by atoms with Gasteiger partial charge in [-0.05, 0) is 12.8 Å². The van der Waals surface area contributed by atoms with E-state index in [2.05, 4.69) is 0 Å². The molecule has 0 amide bonds. The molecule has 0 aromatic heterocycles. The van der Waals surface area contributed by atoms with E-state index < -0.39 is 36.0 Å². The molecule has 1 aliphatic carbocycles. The zero-order valence-corrected chi connectivity index (χ0v) is 10.3. The van der Waals surface area contributed by atoms with Gasteiger partial charge >= 0.3 is 11.9 Å². The topological polar surface area (TPSA) is 115 Å². The summed E-state index contributed by atoms with van der Waals surface area (Å²) in [6.07, 6.45) is 2.39. The highest BCUT2D eigenvalue weighted by atomic mass is 16.5. The van der Waals surface area contributed by atoms with Crippen molar-refractivity contribution in [2.75, 3.05) is 0 Å². The molecule has 1 rings (SSSR count). The first-order valence-corrected chi connectivity index (χ1v) is 6.22. The number of hydrogen-bond donors (Lipinski definition) is 4. The van der Waals surface area contributed by atoms with Gasteiger partial charge in [0.25, 0.3) is 0 Å². The predicted octanol–water partition coefficient (Wildman–Crippen LogP) is 0.957. The van der Waals surface area contributed by atoms with Gasteiger partial charge in [-0.1, -0.05) is 25.7 Å². The normalized spacial score (nSPS) is 20.1. The van der Waals surface area contributed by atoms with E-state index in [-0.39, 0.29) is 12.8 Å². The summed E-state index contributed by atoms with van der Waals surface area (Å²) in [7, 11) is 0. The summed E-state index contributed by atoms with van der Waals surface area (Å²) in [5, 5.41) is 38.0. The first-order valence-electron chi connectivity index (χ1n) is 6.22. The monoisotopic (exact) mass is 260 g/mol. The fourth-order valence-corrected chi connectivity index (χ4v) is 2.64. The van der Waals surface area contributed by atoms with Crippen molar-refractivity contribution in [2.24, 2.45) is 5.41 Å². The van der Waals surface area contributed by atoms with Crippen molar-refractivity contribution in [3.63, 3.8) is 0 Å². The van der Waals surface area contributed by atoms with Crippen molar-refractivity contribution >= 4 is 11.9 Å². The SMILES string of the molecule is O=C(O)CCC(O)(O)C1(C(=O)O)CCCCCC1. The maximum atomic E-state index is 11.5. The number of carboxylic acids is 2. The van der Waals surface area contributed by atoms with Gasteiger partial charge in [0.2, 0.25) is 0 Å². The zero-order chi connectivity index (χ0) is 13.8. The molecule has 0 radical (unpaired) electrons. The lowest BCUT2D eigenvalue weighted by molar-refractivity contribution is -0.254. The Hall–Kier alpha value is -1.14. The smallest absolute Gasteiger partial charge is 0.315 e. The van der Waals surface area contributed by atoms with E-state index in [1.807, 2.05) is 0 Å². The summed E-state index contributed by atoms with van der Waals surface area (Å²) in [6.45, 7) is 0. The van der Waals surface area contributed by atoms with Crippen LogP contribution in [0.1, 0.15) is 51.4 Å². The molecule has 104 valence electrons. The van der Waals surface area contributed by atoms with Gasteiger partial charge in [-0.15, -0.1) is 0 Å². The van der Waals surface area contributed by atoms with Crippen LogP contribution in [0.25, 0.3) is 0 Å². The molecule has 1 fully saturated rings. The first-order chi connectivity index (χ1) is 8.32. The Morgan fingerprint density at radius 1 is 1.00 bits per heavy atom. The maximum absolute atomic E-state index is 11.5. The summed E-state index contributed by atoms with van der Waals surface area (Å²) in [4.78, 5) is 22.0. The summed E-state index contributed by atoms with van der Waals surface area (Å²) >= 11 is 0. The summed E-state index contributed by atoms with van der Waals surface area (Å²) < 4.78 is 0. The number of aliphatic carboxylic acids is 2. The average Bonchev–Trinajstić information content (AvgIpc) is 2.53. The lowest BCUT2D eigenvalue weighted by Gasteiger charge is -2.40. The van der Waals surface area contributed by atoms with E-state index in [4.69, 9.17) is 5.11 Å². The molecule has 6 heteroatoms. The molecular formula is C12H20O6. The Morgan fingerprint density at radius 3 is 1.89 bits per heavy atom. The minimum Gasteiger partial charge on any atom is -0.481 e. The van der Waals surface area contributed by atoms with Gasteiger partial charge in [-0.25, -0.2) is 0 Å². The number of aliphatic hydroxyl groups is 2. The molecule has 1 saturated carbocycles. The molecular weight excluding hydrogens is 240 g/mol. The van der Waals surface area contributed by atoms with Crippen LogP contribution in [0.15, 0.2) is 0 Å². The summed E-state index contributed by atoms with van der Waals surface area (Å²) in [5.74, 6) is -4.89. The molecule has 0 bridgehead atoms. The second kappa shape index (κ2) is 5.67. The number of rotatable bonds is 5. The molecule has 0 spiro atoms. The molecule has 0 unspecified atom stereocenters. The van der Waals surface area contributed by atoms with E-state index in [9.17, 15) is 24.9 Å². The van der Waals surface area contributed by atoms with E-state index in [1.54, 1.807) is 0 Å². The number of hydrogen-bond acceptors (Lipinski definition) is 4. The Bertz CT molecular complexity index is 315. The highest BCUT2D eigenvalue weighted by Gasteiger charge is 2.54. The fraction of sp³-hybridized carbons (Fsp3) is 0.833. The molecule has 0 aliphatic heterocycles. The van der Waals surface area contributed by atoms with Gasteiger partial charge < -0.3 is 20.4 Å². The third kappa shape index (κ3) is 3.00. The van der Waals surface area contributed by atoms with Gasteiger partial charge in [0.15, 0.2) is 5.79 Å². The van der Waals surface area contributed by atoms with Crippen molar-refractivity contribution in [3.8, 4) is 0 Å². The molecule has 4 N–H and O–H groups in total. The number of carbonyl (C=O) groups is 2. The van der Waals surface area contributed by atoms with Crippen LogP contribution in [-0.4, -0.2) is 38.2 Å². The van der Waals surface area contributed by atoms with E-state index >= 15 is 0 Å². The maximum Gasteiger partial charge on any atom is 0.315 e. The molecule has 18 heavy (non-hydrogen) atoms. The molecule has 1 aliphatic rings. The highest BCUT2D eigenvalue weighted by molar-refractivity contribution is 5.76. The van der Waals surface area contributed by atoms with Crippen LogP contribution < -0.4 is 0 Å². The van der Waals surface area contributed by atoms with Crippen LogP contribution in [0.3, 0.4) is 0 Å². The van der Waals surface area contributed by atoms with E-state index in [0.717, 1.165) is 12.8 Å². The molecule has 0 aromatic rings. The third-order valence-electron chi connectivity index (χ3n) is 3.82. The lowest BCUT2D eigenvalue weighted by Crippen LogP contribution is -2.53. The minimum atomic E-state index is -2.47. The second-order valence-corrected chi connectivity index (χ2v) is 5.01. The van der Waals surface area contributed by atoms with Crippen LogP contribution in [0.5, 0.6) is 0 Å². The van der Waals surface area contributed by atoms with Gasteiger partial charge in [0.1, 0.15) is 5.41 Å². The molecule has 0 aromatic carbocycles. The molecule has 0 atom stereocenters. The quantitative estimate of drug-likeness (QED) is 0.432. The predicted molar refractivity (Wildman–Crippen MR) is 61.8 cm³/mol. The second-order valence-electron chi connectivity index (χ2n) is 5.01. The van der Waals surface area contributed by atoms with Crippen LogP contribution in [0.4, 0.5) is 0 Å². The van der Waals surface area contributed by atoms with Crippen LogP contribution >= 0.6 is 0 Å². The van der Waals surface area contributed by atoms with Crippen LogP contribution in [-0.2, 0) is 9.59 Å². The van der Waals surface area contributed by atoms with E-state index in [1.165, 1.54) is 0 Å². The summed E-state index contributed by atoms with van der Waals surface area (Å²) in [5.41, 5.74) is -1.64. The first kappa shape index (κ1) is 14.9. The van der Waals surface area contributed by atoms with Crippen molar-refractivity contribution in [2.45, 2.75) is 57.2 Å².